The lowest BCUT2D eigenvalue weighted by Gasteiger charge is -2.20. The van der Waals surface area contributed by atoms with Gasteiger partial charge in [-0.05, 0) is 16.5 Å². The van der Waals surface area contributed by atoms with E-state index < -0.39 is 6.10 Å². The SMILES string of the molecule is COC(C(=O)c1ccccc1)c1ccc(C(C)(C)C)cc1. The molecule has 1 unspecified atom stereocenters. The summed E-state index contributed by atoms with van der Waals surface area (Å²) < 4.78 is 5.43. The van der Waals surface area contributed by atoms with Crippen molar-refractivity contribution in [2.75, 3.05) is 7.11 Å². The van der Waals surface area contributed by atoms with Gasteiger partial charge in [-0.2, -0.15) is 0 Å². The summed E-state index contributed by atoms with van der Waals surface area (Å²) in [5.41, 5.74) is 2.90. The summed E-state index contributed by atoms with van der Waals surface area (Å²) in [4.78, 5) is 12.5. The molecule has 0 aliphatic heterocycles. The fourth-order valence-corrected chi connectivity index (χ4v) is 2.31. The molecular formula is C19H22O2. The van der Waals surface area contributed by atoms with E-state index in [0.717, 1.165) is 5.56 Å². The Labute approximate surface area is 126 Å². The first kappa shape index (κ1) is 15.5. The highest BCUT2D eigenvalue weighted by atomic mass is 16.5. The predicted molar refractivity (Wildman–Crippen MR) is 85.7 cm³/mol. The molecule has 2 rings (SSSR count). The smallest absolute Gasteiger partial charge is 0.196 e. The molecule has 0 aliphatic carbocycles. The second kappa shape index (κ2) is 6.23. The molecule has 21 heavy (non-hydrogen) atoms. The molecular weight excluding hydrogens is 260 g/mol. The van der Waals surface area contributed by atoms with E-state index in [1.807, 2.05) is 42.5 Å². The number of ketones is 1. The van der Waals surface area contributed by atoms with Crippen molar-refractivity contribution in [2.45, 2.75) is 32.3 Å². The molecule has 0 saturated heterocycles. The highest BCUT2D eigenvalue weighted by Crippen LogP contribution is 2.26. The summed E-state index contributed by atoms with van der Waals surface area (Å²) in [6, 6.07) is 17.4. The minimum Gasteiger partial charge on any atom is -0.369 e. The summed E-state index contributed by atoms with van der Waals surface area (Å²) in [5, 5.41) is 0. The molecule has 0 amide bonds. The van der Waals surface area contributed by atoms with E-state index in [1.165, 1.54) is 5.56 Å². The number of hydrogen-bond acceptors (Lipinski definition) is 2. The van der Waals surface area contributed by atoms with Gasteiger partial charge in [0.15, 0.2) is 5.78 Å². The van der Waals surface area contributed by atoms with Crippen molar-refractivity contribution in [1.29, 1.82) is 0 Å². The Bertz CT molecular complexity index is 592. The number of rotatable bonds is 4. The van der Waals surface area contributed by atoms with Crippen LogP contribution in [0.2, 0.25) is 0 Å². The third kappa shape index (κ3) is 3.59. The number of carbonyl (C=O) groups excluding carboxylic acids is 1. The molecule has 0 saturated carbocycles. The molecule has 0 radical (unpaired) electrons. The number of ether oxygens (including phenoxy) is 1. The van der Waals surface area contributed by atoms with E-state index >= 15 is 0 Å². The predicted octanol–water partition coefficient (Wildman–Crippen LogP) is 4.55. The summed E-state index contributed by atoms with van der Waals surface area (Å²) in [6.45, 7) is 6.51. The Morgan fingerprint density at radius 3 is 2.00 bits per heavy atom. The van der Waals surface area contributed by atoms with Gasteiger partial charge in [0.25, 0.3) is 0 Å². The highest BCUT2D eigenvalue weighted by molar-refractivity contribution is 6.00. The second-order valence-electron chi connectivity index (χ2n) is 6.22. The summed E-state index contributed by atoms with van der Waals surface area (Å²) in [6.07, 6.45) is -0.554. The van der Waals surface area contributed by atoms with Crippen molar-refractivity contribution in [2.24, 2.45) is 0 Å². The fraction of sp³-hybridized carbons (Fsp3) is 0.316. The van der Waals surface area contributed by atoms with Gasteiger partial charge in [-0.3, -0.25) is 4.79 Å². The lowest BCUT2D eigenvalue weighted by Crippen LogP contribution is -2.16. The molecule has 110 valence electrons. The monoisotopic (exact) mass is 282 g/mol. The van der Waals surface area contributed by atoms with Crippen molar-refractivity contribution in [1.82, 2.24) is 0 Å². The van der Waals surface area contributed by atoms with E-state index in [2.05, 4.69) is 32.9 Å². The van der Waals surface area contributed by atoms with Crippen molar-refractivity contribution >= 4 is 5.78 Å². The van der Waals surface area contributed by atoms with Crippen molar-refractivity contribution in [3.63, 3.8) is 0 Å². The molecule has 2 heteroatoms. The van der Waals surface area contributed by atoms with Crippen LogP contribution in [0.5, 0.6) is 0 Å². The van der Waals surface area contributed by atoms with Gasteiger partial charge in [0.2, 0.25) is 0 Å². The number of benzene rings is 2. The maximum atomic E-state index is 12.5. The van der Waals surface area contributed by atoms with Crippen LogP contribution >= 0.6 is 0 Å². The van der Waals surface area contributed by atoms with Crippen LogP contribution in [-0.2, 0) is 10.2 Å². The number of methoxy groups -OCH3 is 1. The largest absolute Gasteiger partial charge is 0.369 e. The van der Waals surface area contributed by atoms with E-state index in [-0.39, 0.29) is 11.2 Å². The van der Waals surface area contributed by atoms with Crippen LogP contribution < -0.4 is 0 Å². The molecule has 0 heterocycles. The first-order valence-corrected chi connectivity index (χ1v) is 7.16. The highest BCUT2D eigenvalue weighted by Gasteiger charge is 2.22. The maximum absolute atomic E-state index is 12.5. The van der Waals surface area contributed by atoms with Crippen molar-refractivity contribution in [3.05, 3.63) is 71.3 Å². The third-order valence-electron chi connectivity index (χ3n) is 3.61. The van der Waals surface area contributed by atoms with Crippen LogP contribution in [0.4, 0.5) is 0 Å². The van der Waals surface area contributed by atoms with E-state index in [4.69, 9.17) is 4.74 Å². The van der Waals surface area contributed by atoms with Gasteiger partial charge in [0, 0.05) is 12.7 Å². The zero-order chi connectivity index (χ0) is 15.5. The van der Waals surface area contributed by atoms with Crippen LogP contribution in [0.25, 0.3) is 0 Å². The van der Waals surface area contributed by atoms with Crippen LogP contribution in [0.15, 0.2) is 54.6 Å². The number of carbonyl (C=O) groups is 1. The maximum Gasteiger partial charge on any atom is 0.196 e. The standard InChI is InChI=1S/C19H22O2/c1-19(2,3)16-12-10-15(11-13-16)18(21-4)17(20)14-8-6-5-7-9-14/h5-13,18H,1-4H3. The van der Waals surface area contributed by atoms with Gasteiger partial charge in [0.1, 0.15) is 6.10 Å². The first-order chi connectivity index (χ1) is 9.93. The Balaban J connectivity index is 2.28. The molecule has 0 aromatic heterocycles. The lowest BCUT2D eigenvalue weighted by atomic mass is 9.86. The fourth-order valence-electron chi connectivity index (χ4n) is 2.31. The second-order valence-corrected chi connectivity index (χ2v) is 6.22. The van der Waals surface area contributed by atoms with Gasteiger partial charge in [-0.25, -0.2) is 0 Å². The van der Waals surface area contributed by atoms with Gasteiger partial charge >= 0.3 is 0 Å². The van der Waals surface area contributed by atoms with E-state index in [0.29, 0.717) is 5.56 Å². The van der Waals surface area contributed by atoms with Gasteiger partial charge in [0.05, 0.1) is 0 Å². The molecule has 1 atom stereocenters. The minimum absolute atomic E-state index is 0.0124. The van der Waals surface area contributed by atoms with Crippen LogP contribution in [0, 0.1) is 0 Å². The molecule has 2 aromatic carbocycles. The average molecular weight is 282 g/mol. The molecule has 0 fully saturated rings. The normalized spacial score (nSPS) is 13.0. The molecule has 0 aliphatic rings. The molecule has 2 aromatic rings. The lowest BCUT2D eigenvalue weighted by molar-refractivity contribution is 0.0604. The van der Waals surface area contributed by atoms with E-state index in [9.17, 15) is 4.79 Å². The van der Waals surface area contributed by atoms with Crippen LogP contribution in [0.1, 0.15) is 48.4 Å². The van der Waals surface area contributed by atoms with Crippen LogP contribution in [-0.4, -0.2) is 12.9 Å². The van der Waals surface area contributed by atoms with E-state index in [1.54, 1.807) is 7.11 Å². The first-order valence-electron chi connectivity index (χ1n) is 7.16. The summed E-state index contributed by atoms with van der Waals surface area (Å²) in [5.74, 6) is -0.0124. The Kier molecular flexibility index (Phi) is 4.59. The summed E-state index contributed by atoms with van der Waals surface area (Å²) >= 11 is 0. The molecule has 0 N–H and O–H groups in total. The Hall–Kier alpha value is -1.93. The van der Waals surface area contributed by atoms with Crippen LogP contribution in [0.3, 0.4) is 0 Å². The quantitative estimate of drug-likeness (QED) is 0.769. The molecule has 0 spiro atoms. The van der Waals surface area contributed by atoms with Gasteiger partial charge < -0.3 is 4.74 Å². The van der Waals surface area contributed by atoms with Crippen molar-refractivity contribution < 1.29 is 9.53 Å². The number of hydrogen-bond donors (Lipinski definition) is 0. The molecule has 0 bridgehead atoms. The topological polar surface area (TPSA) is 26.3 Å². The van der Waals surface area contributed by atoms with Gasteiger partial charge in [-0.1, -0.05) is 75.4 Å². The Morgan fingerprint density at radius 2 is 1.52 bits per heavy atom. The minimum atomic E-state index is -0.554. The zero-order valence-corrected chi connectivity index (χ0v) is 13.1. The summed E-state index contributed by atoms with van der Waals surface area (Å²) in [7, 11) is 1.57. The van der Waals surface area contributed by atoms with Gasteiger partial charge in [-0.15, -0.1) is 0 Å². The van der Waals surface area contributed by atoms with Crippen molar-refractivity contribution in [3.8, 4) is 0 Å². The number of Topliss-reactive ketones (excluding diaryl/α,β-unsaturated/α-hetero) is 1. The third-order valence-corrected chi connectivity index (χ3v) is 3.61. The molecule has 2 nitrogen and oxygen atoms in total. The average Bonchev–Trinajstić information content (AvgIpc) is 2.48. The zero-order valence-electron chi connectivity index (χ0n) is 13.1. The Morgan fingerprint density at radius 1 is 0.952 bits per heavy atom.